The Bertz CT molecular complexity index is 482. The van der Waals surface area contributed by atoms with Crippen LogP contribution in [-0.4, -0.2) is 5.11 Å². The first-order chi connectivity index (χ1) is 8.65. The molecule has 0 fully saturated rings. The maximum absolute atomic E-state index is 10.1. The zero-order valence-electron chi connectivity index (χ0n) is 11.1. The van der Waals surface area contributed by atoms with E-state index in [0.717, 1.165) is 18.4 Å². The molecule has 0 heterocycles. The predicted octanol–water partition coefficient (Wildman–Crippen LogP) is 3.97. The lowest BCUT2D eigenvalue weighted by Gasteiger charge is -2.11. The molecule has 1 N–H and O–H groups in total. The SMILES string of the molecule is Cc1ccc(CCC(O)c2ccc(C)cc2)cc1. The van der Waals surface area contributed by atoms with E-state index in [1.54, 1.807) is 0 Å². The molecule has 94 valence electrons. The Hall–Kier alpha value is -1.60. The van der Waals surface area contributed by atoms with Crippen molar-refractivity contribution >= 4 is 0 Å². The predicted molar refractivity (Wildman–Crippen MR) is 75.6 cm³/mol. The largest absolute Gasteiger partial charge is 0.388 e. The summed E-state index contributed by atoms with van der Waals surface area (Å²) in [5.74, 6) is 0. The van der Waals surface area contributed by atoms with Gasteiger partial charge in [0, 0.05) is 0 Å². The van der Waals surface area contributed by atoms with Crippen LogP contribution in [-0.2, 0) is 6.42 Å². The van der Waals surface area contributed by atoms with Gasteiger partial charge >= 0.3 is 0 Å². The molecule has 1 heteroatoms. The van der Waals surface area contributed by atoms with Crippen LogP contribution in [0.3, 0.4) is 0 Å². The van der Waals surface area contributed by atoms with Gasteiger partial charge in [-0.2, -0.15) is 0 Å². The molecule has 1 atom stereocenters. The molecule has 18 heavy (non-hydrogen) atoms. The second kappa shape index (κ2) is 5.83. The summed E-state index contributed by atoms with van der Waals surface area (Å²) in [7, 11) is 0. The molecule has 0 radical (unpaired) electrons. The van der Waals surface area contributed by atoms with E-state index < -0.39 is 0 Å². The summed E-state index contributed by atoms with van der Waals surface area (Å²) in [5.41, 5.74) is 4.79. The Morgan fingerprint density at radius 2 is 1.33 bits per heavy atom. The van der Waals surface area contributed by atoms with Crippen molar-refractivity contribution in [2.24, 2.45) is 0 Å². The Labute approximate surface area is 109 Å². The zero-order valence-corrected chi connectivity index (χ0v) is 11.1. The lowest BCUT2D eigenvalue weighted by molar-refractivity contribution is 0.168. The van der Waals surface area contributed by atoms with Crippen molar-refractivity contribution in [3.8, 4) is 0 Å². The zero-order chi connectivity index (χ0) is 13.0. The van der Waals surface area contributed by atoms with Crippen molar-refractivity contribution in [3.63, 3.8) is 0 Å². The number of hydrogen-bond donors (Lipinski definition) is 1. The molecule has 0 saturated heterocycles. The van der Waals surface area contributed by atoms with Gasteiger partial charge in [-0.05, 0) is 37.8 Å². The Morgan fingerprint density at radius 1 is 0.833 bits per heavy atom. The van der Waals surface area contributed by atoms with Gasteiger partial charge in [-0.15, -0.1) is 0 Å². The highest BCUT2D eigenvalue weighted by Gasteiger charge is 2.07. The molecule has 0 bridgehead atoms. The minimum absolute atomic E-state index is 0.369. The number of hydrogen-bond acceptors (Lipinski definition) is 1. The van der Waals surface area contributed by atoms with Crippen LogP contribution in [0, 0.1) is 13.8 Å². The van der Waals surface area contributed by atoms with Crippen molar-refractivity contribution in [2.45, 2.75) is 32.8 Å². The van der Waals surface area contributed by atoms with E-state index in [0.29, 0.717) is 0 Å². The van der Waals surface area contributed by atoms with Crippen LogP contribution in [0.2, 0.25) is 0 Å². The smallest absolute Gasteiger partial charge is 0.0793 e. The summed E-state index contributed by atoms with van der Waals surface area (Å²) in [6, 6.07) is 16.6. The Balaban J connectivity index is 1.93. The number of aliphatic hydroxyl groups is 1. The van der Waals surface area contributed by atoms with E-state index in [1.165, 1.54) is 16.7 Å². The van der Waals surface area contributed by atoms with Gasteiger partial charge in [0.25, 0.3) is 0 Å². The minimum atomic E-state index is -0.369. The van der Waals surface area contributed by atoms with Gasteiger partial charge in [0.05, 0.1) is 6.10 Å². The summed E-state index contributed by atoms with van der Waals surface area (Å²) in [5, 5.41) is 10.1. The first-order valence-electron chi connectivity index (χ1n) is 6.45. The van der Waals surface area contributed by atoms with E-state index in [2.05, 4.69) is 38.1 Å². The van der Waals surface area contributed by atoms with Crippen LogP contribution in [0.15, 0.2) is 48.5 Å². The van der Waals surface area contributed by atoms with Gasteiger partial charge in [0.1, 0.15) is 0 Å². The van der Waals surface area contributed by atoms with Crippen molar-refractivity contribution in [2.75, 3.05) is 0 Å². The molecular weight excluding hydrogens is 220 g/mol. The van der Waals surface area contributed by atoms with Crippen molar-refractivity contribution < 1.29 is 5.11 Å². The average Bonchev–Trinajstić information content (AvgIpc) is 2.38. The number of aryl methyl sites for hydroxylation is 3. The van der Waals surface area contributed by atoms with Crippen LogP contribution in [0.5, 0.6) is 0 Å². The quantitative estimate of drug-likeness (QED) is 0.857. The van der Waals surface area contributed by atoms with Gasteiger partial charge in [-0.1, -0.05) is 59.7 Å². The highest BCUT2D eigenvalue weighted by Crippen LogP contribution is 2.19. The van der Waals surface area contributed by atoms with Crippen LogP contribution >= 0.6 is 0 Å². The molecular formula is C17H20O. The van der Waals surface area contributed by atoms with E-state index in [1.807, 2.05) is 24.3 Å². The van der Waals surface area contributed by atoms with Crippen molar-refractivity contribution in [3.05, 3.63) is 70.8 Å². The third kappa shape index (κ3) is 3.44. The van der Waals surface area contributed by atoms with Gasteiger partial charge in [-0.25, -0.2) is 0 Å². The molecule has 0 aromatic heterocycles. The molecule has 2 aromatic rings. The molecule has 0 saturated carbocycles. The third-order valence-corrected chi connectivity index (χ3v) is 3.29. The third-order valence-electron chi connectivity index (χ3n) is 3.29. The standard InChI is InChI=1S/C17H20O/c1-13-3-7-15(8-4-13)9-12-17(18)16-10-5-14(2)6-11-16/h3-8,10-11,17-18H,9,12H2,1-2H3. The highest BCUT2D eigenvalue weighted by molar-refractivity contribution is 5.24. The maximum atomic E-state index is 10.1. The number of aliphatic hydroxyl groups excluding tert-OH is 1. The summed E-state index contributed by atoms with van der Waals surface area (Å²) >= 11 is 0. The molecule has 0 aliphatic heterocycles. The van der Waals surface area contributed by atoms with E-state index in [4.69, 9.17) is 0 Å². The summed E-state index contributed by atoms with van der Waals surface area (Å²) in [6.07, 6.45) is 1.31. The van der Waals surface area contributed by atoms with Gasteiger partial charge in [-0.3, -0.25) is 0 Å². The first kappa shape index (κ1) is 12.8. The van der Waals surface area contributed by atoms with Gasteiger partial charge in [0.15, 0.2) is 0 Å². The first-order valence-corrected chi connectivity index (χ1v) is 6.45. The van der Waals surface area contributed by atoms with Crippen LogP contribution in [0.25, 0.3) is 0 Å². The fourth-order valence-electron chi connectivity index (χ4n) is 2.01. The Kier molecular flexibility index (Phi) is 4.16. The van der Waals surface area contributed by atoms with Crippen LogP contribution < -0.4 is 0 Å². The molecule has 0 aliphatic carbocycles. The molecule has 0 amide bonds. The molecule has 0 spiro atoms. The second-order valence-corrected chi connectivity index (χ2v) is 4.95. The second-order valence-electron chi connectivity index (χ2n) is 4.95. The van der Waals surface area contributed by atoms with E-state index in [-0.39, 0.29) is 6.10 Å². The minimum Gasteiger partial charge on any atom is -0.388 e. The lowest BCUT2D eigenvalue weighted by Crippen LogP contribution is -1.99. The average molecular weight is 240 g/mol. The van der Waals surface area contributed by atoms with E-state index >= 15 is 0 Å². The molecule has 2 aromatic carbocycles. The van der Waals surface area contributed by atoms with Gasteiger partial charge in [0.2, 0.25) is 0 Å². The summed E-state index contributed by atoms with van der Waals surface area (Å²) in [4.78, 5) is 0. The topological polar surface area (TPSA) is 20.2 Å². The monoisotopic (exact) mass is 240 g/mol. The molecule has 1 unspecified atom stereocenters. The molecule has 2 rings (SSSR count). The van der Waals surface area contributed by atoms with Crippen LogP contribution in [0.4, 0.5) is 0 Å². The number of benzene rings is 2. The van der Waals surface area contributed by atoms with Gasteiger partial charge < -0.3 is 5.11 Å². The summed E-state index contributed by atoms with van der Waals surface area (Å²) in [6.45, 7) is 4.15. The van der Waals surface area contributed by atoms with Crippen molar-refractivity contribution in [1.29, 1.82) is 0 Å². The fourth-order valence-corrected chi connectivity index (χ4v) is 2.01. The molecule has 0 aliphatic rings. The normalized spacial score (nSPS) is 12.4. The maximum Gasteiger partial charge on any atom is 0.0793 e. The molecule has 1 nitrogen and oxygen atoms in total. The number of rotatable bonds is 4. The fraction of sp³-hybridized carbons (Fsp3) is 0.294. The van der Waals surface area contributed by atoms with Crippen molar-refractivity contribution in [1.82, 2.24) is 0 Å². The lowest BCUT2D eigenvalue weighted by atomic mass is 10.00. The van der Waals surface area contributed by atoms with Crippen LogP contribution in [0.1, 0.15) is 34.8 Å². The van der Waals surface area contributed by atoms with E-state index in [9.17, 15) is 5.11 Å². The Morgan fingerprint density at radius 3 is 1.89 bits per heavy atom. The summed E-state index contributed by atoms with van der Waals surface area (Å²) < 4.78 is 0. The highest BCUT2D eigenvalue weighted by atomic mass is 16.3.